The van der Waals surface area contributed by atoms with Crippen molar-refractivity contribution in [3.05, 3.63) is 58.6 Å². The number of aryl methyl sites for hydroxylation is 1. The van der Waals surface area contributed by atoms with Crippen LogP contribution < -0.4 is 11.3 Å². The Bertz CT molecular complexity index is 906. The molecular formula is C15H15N5O2. The van der Waals surface area contributed by atoms with Gasteiger partial charge >= 0.3 is 0 Å². The Morgan fingerprint density at radius 2 is 2.05 bits per heavy atom. The topological polar surface area (TPSA) is 97.9 Å². The predicted octanol–water partition coefficient (Wildman–Crippen LogP) is 1.22. The third-order valence-corrected chi connectivity index (χ3v) is 3.41. The van der Waals surface area contributed by atoms with Crippen molar-refractivity contribution in [2.75, 3.05) is 0 Å². The molecule has 3 N–H and O–H groups in total. The van der Waals surface area contributed by atoms with E-state index >= 15 is 0 Å². The van der Waals surface area contributed by atoms with Gasteiger partial charge in [0.05, 0.1) is 12.2 Å². The summed E-state index contributed by atoms with van der Waals surface area (Å²) in [4.78, 5) is 12.4. The zero-order chi connectivity index (χ0) is 15.7. The van der Waals surface area contributed by atoms with E-state index in [0.717, 1.165) is 16.8 Å². The van der Waals surface area contributed by atoms with Gasteiger partial charge in [-0.15, -0.1) is 0 Å². The summed E-state index contributed by atoms with van der Waals surface area (Å²) in [5.74, 6) is -0.0373. The predicted molar refractivity (Wildman–Crippen MR) is 83.0 cm³/mol. The number of aromatic nitrogens is 3. The van der Waals surface area contributed by atoms with Crippen molar-refractivity contribution in [3.8, 4) is 11.3 Å². The fourth-order valence-electron chi connectivity index (χ4n) is 2.22. The molecule has 0 amide bonds. The molecule has 3 aromatic rings. The first-order chi connectivity index (χ1) is 10.6. The van der Waals surface area contributed by atoms with Crippen LogP contribution >= 0.6 is 0 Å². The van der Waals surface area contributed by atoms with Crippen molar-refractivity contribution in [2.24, 2.45) is 10.9 Å². The maximum Gasteiger partial charge on any atom is 0.277 e. The fraction of sp³-hybridized carbons (Fsp3) is 0.133. The molecule has 0 aliphatic heterocycles. The SMILES string of the molecule is Cc1ccc(-c2cc3c(=O)n(CC(N)=NO)ccn3n2)cc1. The van der Waals surface area contributed by atoms with Gasteiger partial charge in [-0.05, 0) is 13.0 Å². The molecule has 0 radical (unpaired) electrons. The van der Waals surface area contributed by atoms with Gasteiger partial charge < -0.3 is 15.5 Å². The van der Waals surface area contributed by atoms with Crippen LogP contribution in [0.2, 0.25) is 0 Å². The molecule has 0 saturated carbocycles. The molecule has 0 spiro atoms. The molecule has 0 saturated heterocycles. The van der Waals surface area contributed by atoms with Gasteiger partial charge in [-0.3, -0.25) is 4.79 Å². The van der Waals surface area contributed by atoms with E-state index in [9.17, 15) is 4.79 Å². The normalized spacial score (nSPS) is 12.0. The molecule has 0 aliphatic carbocycles. The minimum atomic E-state index is -0.250. The van der Waals surface area contributed by atoms with Crippen LogP contribution in [0.4, 0.5) is 0 Å². The summed E-state index contributed by atoms with van der Waals surface area (Å²) in [6.45, 7) is 2.04. The van der Waals surface area contributed by atoms with Crippen LogP contribution in [0.5, 0.6) is 0 Å². The van der Waals surface area contributed by atoms with Gasteiger partial charge in [0.15, 0.2) is 5.84 Å². The lowest BCUT2D eigenvalue weighted by molar-refractivity contribution is 0.316. The molecule has 0 atom stereocenters. The number of benzene rings is 1. The molecule has 2 heterocycles. The third-order valence-electron chi connectivity index (χ3n) is 3.41. The molecule has 1 aromatic carbocycles. The van der Waals surface area contributed by atoms with E-state index in [-0.39, 0.29) is 17.9 Å². The Kier molecular flexibility index (Phi) is 3.38. The standard InChI is InChI=1S/C15H15N5O2/c1-10-2-4-11(5-3-10)12-8-13-15(21)19(9-14(16)18-22)6-7-20(13)17-12/h2-8,22H,9H2,1H3,(H2,16,18). The largest absolute Gasteiger partial charge is 0.409 e. The molecule has 22 heavy (non-hydrogen) atoms. The van der Waals surface area contributed by atoms with Crippen molar-refractivity contribution in [3.63, 3.8) is 0 Å². The molecular weight excluding hydrogens is 282 g/mol. The number of hydrogen-bond acceptors (Lipinski definition) is 4. The smallest absolute Gasteiger partial charge is 0.277 e. The van der Waals surface area contributed by atoms with E-state index in [1.54, 1.807) is 18.5 Å². The van der Waals surface area contributed by atoms with Crippen molar-refractivity contribution < 1.29 is 5.21 Å². The summed E-state index contributed by atoms with van der Waals surface area (Å²) >= 11 is 0. The van der Waals surface area contributed by atoms with Crippen LogP contribution in [-0.2, 0) is 6.54 Å². The van der Waals surface area contributed by atoms with Crippen LogP contribution in [0, 0.1) is 6.92 Å². The monoisotopic (exact) mass is 297 g/mol. The van der Waals surface area contributed by atoms with Crippen LogP contribution in [0.25, 0.3) is 16.8 Å². The molecule has 3 rings (SSSR count). The molecule has 0 bridgehead atoms. The van der Waals surface area contributed by atoms with Gasteiger partial charge in [0.1, 0.15) is 5.52 Å². The van der Waals surface area contributed by atoms with E-state index < -0.39 is 0 Å². The number of hydrogen-bond donors (Lipinski definition) is 2. The van der Waals surface area contributed by atoms with E-state index in [1.807, 2.05) is 31.2 Å². The summed E-state index contributed by atoms with van der Waals surface area (Å²) in [5.41, 5.74) is 8.45. The number of amidine groups is 1. The van der Waals surface area contributed by atoms with Gasteiger partial charge in [-0.25, -0.2) is 4.52 Å². The summed E-state index contributed by atoms with van der Waals surface area (Å²) in [5, 5.41) is 15.9. The fourth-order valence-corrected chi connectivity index (χ4v) is 2.22. The lowest BCUT2D eigenvalue weighted by atomic mass is 10.1. The van der Waals surface area contributed by atoms with Crippen LogP contribution in [0.15, 0.2) is 52.7 Å². The maximum atomic E-state index is 12.4. The number of nitrogens with zero attached hydrogens (tertiary/aromatic N) is 4. The third kappa shape index (κ3) is 2.44. The highest BCUT2D eigenvalue weighted by Gasteiger charge is 2.09. The lowest BCUT2D eigenvalue weighted by Gasteiger charge is -2.03. The molecule has 2 aromatic heterocycles. The van der Waals surface area contributed by atoms with Gasteiger partial charge in [0.25, 0.3) is 5.56 Å². The number of nitrogens with two attached hydrogens (primary N) is 1. The molecule has 0 fully saturated rings. The average molecular weight is 297 g/mol. The van der Waals surface area contributed by atoms with E-state index in [0.29, 0.717) is 5.52 Å². The second-order valence-electron chi connectivity index (χ2n) is 5.05. The zero-order valence-corrected chi connectivity index (χ0v) is 12.0. The summed E-state index contributed by atoms with van der Waals surface area (Å²) in [7, 11) is 0. The lowest BCUT2D eigenvalue weighted by Crippen LogP contribution is -2.28. The zero-order valence-electron chi connectivity index (χ0n) is 12.0. The molecule has 7 heteroatoms. The quantitative estimate of drug-likeness (QED) is 0.329. The summed E-state index contributed by atoms with van der Waals surface area (Å²) in [6.07, 6.45) is 3.22. The van der Waals surface area contributed by atoms with Gasteiger partial charge in [-0.1, -0.05) is 35.0 Å². The Morgan fingerprint density at radius 3 is 2.73 bits per heavy atom. The van der Waals surface area contributed by atoms with Crippen molar-refractivity contribution in [1.29, 1.82) is 0 Å². The second kappa shape index (κ2) is 5.36. The second-order valence-corrected chi connectivity index (χ2v) is 5.05. The molecule has 0 unspecified atom stereocenters. The van der Waals surface area contributed by atoms with Crippen LogP contribution in [0.1, 0.15) is 5.56 Å². The summed E-state index contributed by atoms with van der Waals surface area (Å²) < 4.78 is 2.89. The van der Waals surface area contributed by atoms with Gasteiger partial charge in [0.2, 0.25) is 0 Å². The van der Waals surface area contributed by atoms with Crippen LogP contribution in [-0.4, -0.2) is 25.2 Å². The van der Waals surface area contributed by atoms with Crippen molar-refractivity contribution in [1.82, 2.24) is 14.2 Å². The van der Waals surface area contributed by atoms with Crippen molar-refractivity contribution in [2.45, 2.75) is 13.5 Å². The molecule has 112 valence electrons. The Labute approximate surface area is 125 Å². The highest BCUT2D eigenvalue weighted by molar-refractivity contribution is 5.79. The highest BCUT2D eigenvalue weighted by atomic mass is 16.4. The van der Waals surface area contributed by atoms with Crippen molar-refractivity contribution >= 4 is 11.4 Å². The minimum Gasteiger partial charge on any atom is -0.409 e. The van der Waals surface area contributed by atoms with E-state index in [1.165, 1.54) is 9.08 Å². The van der Waals surface area contributed by atoms with Crippen LogP contribution in [0.3, 0.4) is 0 Å². The molecule has 7 nitrogen and oxygen atoms in total. The number of rotatable bonds is 3. The average Bonchev–Trinajstić information content (AvgIpc) is 2.95. The number of fused-ring (bicyclic) bond motifs is 1. The maximum absolute atomic E-state index is 12.4. The summed E-state index contributed by atoms with van der Waals surface area (Å²) in [6, 6.07) is 9.65. The Morgan fingerprint density at radius 1 is 1.32 bits per heavy atom. The first-order valence-corrected chi connectivity index (χ1v) is 6.71. The van der Waals surface area contributed by atoms with Gasteiger partial charge in [0, 0.05) is 18.0 Å². The first kappa shape index (κ1) is 13.9. The minimum absolute atomic E-state index is 0.0247. The van der Waals surface area contributed by atoms with E-state index in [4.69, 9.17) is 10.9 Å². The highest BCUT2D eigenvalue weighted by Crippen LogP contribution is 2.18. The number of oxime groups is 1. The molecule has 0 aliphatic rings. The Hall–Kier alpha value is -3.09. The van der Waals surface area contributed by atoms with E-state index in [2.05, 4.69) is 10.3 Å². The Balaban J connectivity index is 2.08. The first-order valence-electron chi connectivity index (χ1n) is 6.71. The van der Waals surface area contributed by atoms with Gasteiger partial charge in [-0.2, -0.15) is 5.10 Å².